The van der Waals surface area contributed by atoms with E-state index < -0.39 is 0 Å². The molecule has 4 nitrogen and oxygen atoms in total. The number of carbonyl (C=O) groups is 2. The highest BCUT2D eigenvalue weighted by Gasteiger charge is 2.31. The van der Waals surface area contributed by atoms with Gasteiger partial charge in [-0.2, -0.15) is 0 Å². The Balaban J connectivity index is 1.55. The van der Waals surface area contributed by atoms with E-state index in [4.69, 9.17) is 12.2 Å². The highest BCUT2D eigenvalue weighted by molar-refractivity contribution is 8.26. The molecule has 2 aromatic carbocycles. The number of hydrogen-bond acceptors (Lipinski definition) is 4. The highest BCUT2D eigenvalue weighted by atomic mass is 32.2. The lowest BCUT2D eigenvalue weighted by molar-refractivity contribution is -0.122. The average molecular weight is 451 g/mol. The molecule has 6 heteroatoms. The molecule has 0 bridgehead atoms. The summed E-state index contributed by atoms with van der Waals surface area (Å²) in [5, 5.41) is 2.96. The van der Waals surface area contributed by atoms with Gasteiger partial charge in [0.25, 0.3) is 5.91 Å². The molecule has 1 heterocycles. The molecule has 1 aliphatic heterocycles. The van der Waals surface area contributed by atoms with E-state index in [1.54, 1.807) is 4.90 Å². The van der Waals surface area contributed by atoms with Crippen molar-refractivity contribution in [2.45, 2.75) is 33.6 Å². The molecule has 0 radical (unpaired) electrons. The van der Waals surface area contributed by atoms with Crippen molar-refractivity contribution in [3.05, 3.63) is 81.8 Å². The summed E-state index contributed by atoms with van der Waals surface area (Å²) in [7, 11) is 0. The standard InChI is InChI=1S/C25H26N2O2S2/c1-17(15-20-10-5-4-6-11-20)16-22-24(29)27(25(30)31-22)14-8-13-23(28)26-21-12-7-9-18(2)19(21)3/h4-7,9-12,15-16H,8,13-14H2,1-3H3,(H,26,28)/b17-15+,22-16+. The molecule has 0 aromatic heterocycles. The summed E-state index contributed by atoms with van der Waals surface area (Å²) in [6.07, 6.45) is 4.79. The SMILES string of the molecule is CC(=C\c1ccccc1)/C=C1/SC(=S)N(CCCC(=O)Nc2cccc(C)c2C)C1=O. The topological polar surface area (TPSA) is 49.4 Å². The number of amides is 2. The lowest BCUT2D eigenvalue weighted by Crippen LogP contribution is -2.29. The monoisotopic (exact) mass is 450 g/mol. The third-order valence-electron chi connectivity index (χ3n) is 5.09. The minimum absolute atomic E-state index is 0.0590. The largest absolute Gasteiger partial charge is 0.326 e. The zero-order valence-electron chi connectivity index (χ0n) is 18.0. The molecule has 31 heavy (non-hydrogen) atoms. The van der Waals surface area contributed by atoms with Crippen molar-refractivity contribution >= 4 is 51.9 Å². The molecule has 2 amide bonds. The molecule has 2 aromatic rings. The zero-order chi connectivity index (χ0) is 22.4. The fraction of sp³-hybridized carbons (Fsp3) is 0.240. The summed E-state index contributed by atoms with van der Waals surface area (Å²) in [6, 6.07) is 15.8. The van der Waals surface area contributed by atoms with E-state index in [2.05, 4.69) is 5.32 Å². The Morgan fingerprint density at radius 3 is 2.61 bits per heavy atom. The van der Waals surface area contributed by atoms with Gasteiger partial charge in [-0.25, -0.2) is 0 Å². The van der Waals surface area contributed by atoms with Crippen LogP contribution in [0.1, 0.15) is 36.5 Å². The van der Waals surface area contributed by atoms with Crippen LogP contribution in [0.15, 0.2) is 65.1 Å². The molecule has 1 fully saturated rings. The molecule has 3 rings (SSSR count). The first-order valence-corrected chi connectivity index (χ1v) is 11.4. The van der Waals surface area contributed by atoms with Gasteiger partial charge in [0.1, 0.15) is 4.32 Å². The molecular weight excluding hydrogens is 424 g/mol. The molecule has 1 saturated heterocycles. The summed E-state index contributed by atoms with van der Waals surface area (Å²) in [4.78, 5) is 27.3. The number of allylic oxidation sites excluding steroid dienone is 2. The Labute approximate surface area is 193 Å². The zero-order valence-corrected chi connectivity index (χ0v) is 19.6. The predicted molar refractivity (Wildman–Crippen MR) is 134 cm³/mol. The molecule has 0 unspecified atom stereocenters. The van der Waals surface area contributed by atoms with Gasteiger partial charge in [-0.05, 0) is 61.6 Å². The number of nitrogens with one attached hydrogen (secondary N) is 1. The lowest BCUT2D eigenvalue weighted by Gasteiger charge is -2.14. The van der Waals surface area contributed by atoms with E-state index in [-0.39, 0.29) is 11.8 Å². The fourth-order valence-corrected chi connectivity index (χ4v) is 4.61. The predicted octanol–water partition coefficient (Wildman–Crippen LogP) is 5.87. The van der Waals surface area contributed by atoms with Gasteiger partial charge in [0.15, 0.2) is 0 Å². The Morgan fingerprint density at radius 2 is 1.87 bits per heavy atom. The second kappa shape index (κ2) is 10.6. The van der Waals surface area contributed by atoms with E-state index in [9.17, 15) is 9.59 Å². The van der Waals surface area contributed by atoms with Gasteiger partial charge in [-0.15, -0.1) is 0 Å². The van der Waals surface area contributed by atoms with Gasteiger partial charge >= 0.3 is 0 Å². The number of carbonyl (C=O) groups excluding carboxylic acids is 2. The van der Waals surface area contributed by atoms with Crippen molar-refractivity contribution in [1.29, 1.82) is 0 Å². The molecule has 1 aliphatic rings. The molecule has 1 N–H and O–H groups in total. The van der Waals surface area contributed by atoms with Gasteiger partial charge in [-0.1, -0.05) is 72.5 Å². The van der Waals surface area contributed by atoms with Crippen LogP contribution in [0.5, 0.6) is 0 Å². The van der Waals surface area contributed by atoms with Crippen LogP contribution in [0, 0.1) is 13.8 Å². The summed E-state index contributed by atoms with van der Waals surface area (Å²) in [6.45, 7) is 6.41. The maximum Gasteiger partial charge on any atom is 0.266 e. The van der Waals surface area contributed by atoms with Crippen LogP contribution in [-0.2, 0) is 9.59 Å². The smallest absolute Gasteiger partial charge is 0.266 e. The third kappa shape index (κ3) is 6.15. The molecule has 160 valence electrons. The second-order valence-electron chi connectivity index (χ2n) is 7.53. The van der Waals surface area contributed by atoms with Crippen LogP contribution >= 0.6 is 24.0 Å². The summed E-state index contributed by atoms with van der Waals surface area (Å²) < 4.78 is 0.540. The third-order valence-corrected chi connectivity index (χ3v) is 6.47. The van der Waals surface area contributed by atoms with Crippen molar-refractivity contribution < 1.29 is 9.59 Å². The van der Waals surface area contributed by atoms with Crippen LogP contribution < -0.4 is 5.32 Å². The van der Waals surface area contributed by atoms with E-state index in [1.165, 1.54) is 11.8 Å². The number of anilines is 1. The molecule has 0 saturated carbocycles. The van der Waals surface area contributed by atoms with Crippen molar-refractivity contribution in [1.82, 2.24) is 4.90 Å². The summed E-state index contributed by atoms with van der Waals surface area (Å²) in [5.41, 5.74) is 5.11. The van der Waals surface area contributed by atoms with Gasteiger partial charge in [0, 0.05) is 18.7 Å². The average Bonchev–Trinajstić information content (AvgIpc) is 2.99. The van der Waals surface area contributed by atoms with Gasteiger partial charge in [-0.3, -0.25) is 14.5 Å². The first-order chi connectivity index (χ1) is 14.8. The van der Waals surface area contributed by atoms with E-state index in [1.807, 2.05) is 81.5 Å². The maximum atomic E-state index is 12.8. The van der Waals surface area contributed by atoms with Gasteiger partial charge < -0.3 is 5.32 Å². The first-order valence-electron chi connectivity index (χ1n) is 10.2. The second-order valence-corrected chi connectivity index (χ2v) is 9.21. The molecule has 0 atom stereocenters. The van der Waals surface area contributed by atoms with E-state index in [0.29, 0.717) is 28.6 Å². The normalized spacial score (nSPS) is 15.6. The highest BCUT2D eigenvalue weighted by Crippen LogP contribution is 2.32. The summed E-state index contributed by atoms with van der Waals surface area (Å²) in [5.74, 6) is -0.151. The minimum Gasteiger partial charge on any atom is -0.326 e. The van der Waals surface area contributed by atoms with Gasteiger partial charge in [0.05, 0.1) is 4.91 Å². The van der Waals surface area contributed by atoms with Crippen LogP contribution in [-0.4, -0.2) is 27.6 Å². The van der Waals surface area contributed by atoms with E-state index >= 15 is 0 Å². The summed E-state index contributed by atoms with van der Waals surface area (Å²) >= 11 is 6.71. The fourth-order valence-electron chi connectivity index (χ4n) is 3.25. The molecule has 0 spiro atoms. The van der Waals surface area contributed by atoms with Crippen LogP contribution in [0.25, 0.3) is 6.08 Å². The number of hydrogen-bond donors (Lipinski definition) is 1. The van der Waals surface area contributed by atoms with Crippen LogP contribution in [0.3, 0.4) is 0 Å². The number of thiocarbonyl (C=S) groups is 1. The Bertz CT molecular complexity index is 1060. The number of rotatable bonds is 7. The Hall–Kier alpha value is -2.70. The lowest BCUT2D eigenvalue weighted by atomic mass is 10.1. The van der Waals surface area contributed by atoms with Crippen molar-refractivity contribution in [2.75, 3.05) is 11.9 Å². The van der Waals surface area contributed by atoms with Crippen LogP contribution in [0.2, 0.25) is 0 Å². The quantitative estimate of drug-likeness (QED) is 0.423. The Morgan fingerprint density at radius 1 is 1.13 bits per heavy atom. The van der Waals surface area contributed by atoms with Crippen molar-refractivity contribution in [3.63, 3.8) is 0 Å². The van der Waals surface area contributed by atoms with Crippen LogP contribution in [0.4, 0.5) is 5.69 Å². The van der Waals surface area contributed by atoms with Crippen molar-refractivity contribution in [2.24, 2.45) is 0 Å². The maximum absolute atomic E-state index is 12.8. The number of nitrogens with zero attached hydrogens (tertiary/aromatic N) is 1. The molecule has 0 aliphatic carbocycles. The first kappa shape index (κ1) is 23.0. The van der Waals surface area contributed by atoms with Gasteiger partial charge in [0.2, 0.25) is 5.91 Å². The number of benzene rings is 2. The molecular formula is C25H26N2O2S2. The number of thioether (sulfide) groups is 1. The van der Waals surface area contributed by atoms with Crippen molar-refractivity contribution in [3.8, 4) is 0 Å². The number of aryl methyl sites for hydroxylation is 1. The Kier molecular flexibility index (Phi) is 7.82. The minimum atomic E-state index is -0.0919. The van der Waals surface area contributed by atoms with E-state index in [0.717, 1.165) is 28.0 Å².